The minimum atomic E-state index is -1.09. The number of amides is 2. The second kappa shape index (κ2) is 4.38. The van der Waals surface area contributed by atoms with Gasteiger partial charge in [-0.1, -0.05) is 27.5 Å². The molecule has 3 rings (SSSR count). The van der Waals surface area contributed by atoms with Gasteiger partial charge in [0.05, 0.1) is 12.1 Å². The van der Waals surface area contributed by atoms with Gasteiger partial charge < -0.3 is 0 Å². The normalized spacial score (nSPS) is 29.8. The Morgan fingerprint density at radius 2 is 2.00 bits per heavy atom. The van der Waals surface area contributed by atoms with Crippen LogP contribution in [0, 0.1) is 0 Å². The number of alkyl halides is 1. The van der Waals surface area contributed by atoms with E-state index in [4.69, 9.17) is 11.6 Å². The van der Waals surface area contributed by atoms with Crippen molar-refractivity contribution in [1.29, 1.82) is 0 Å². The lowest BCUT2D eigenvalue weighted by Gasteiger charge is -2.17. The van der Waals surface area contributed by atoms with Crippen molar-refractivity contribution in [3.8, 4) is 0 Å². The molecule has 0 bridgehead atoms. The Morgan fingerprint density at radius 3 is 2.58 bits per heavy atom. The number of carbonyl (C=O) groups is 2. The van der Waals surface area contributed by atoms with Crippen LogP contribution in [0.25, 0.3) is 0 Å². The van der Waals surface area contributed by atoms with Crippen LogP contribution in [-0.2, 0) is 9.59 Å². The fraction of sp³-hybridized carbons (Fsp3) is 0.333. The molecule has 0 aromatic heterocycles. The number of hydrogen-bond donors (Lipinski definition) is 0. The lowest BCUT2D eigenvalue weighted by atomic mass is 9.95. The van der Waals surface area contributed by atoms with Crippen molar-refractivity contribution < 1.29 is 9.59 Å². The first kappa shape index (κ1) is 12.7. The van der Waals surface area contributed by atoms with Gasteiger partial charge in [0.1, 0.15) is 5.50 Å². The summed E-state index contributed by atoms with van der Waals surface area (Å²) in [7, 11) is 0. The zero-order chi connectivity index (χ0) is 13.6. The molecule has 2 aliphatic heterocycles. The minimum Gasteiger partial charge on any atom is -0.274 e. The van der Waals surface area contributed by atoms with Crippen molar-refractivity contribution in [3.63, 3.8) is 0 Å². The van der Waals surface area contributed by atoms with Crippen LogP contribution in [0.1, 0.15) is 12.8 Å². The van der Waals surface area contributed by atoms with E-state index < -0.39 is 11.0 Å². The molecule has 2 unspecified atom stereocenters. The molecule has 0 N–H and O–H groups in total. The molecule has 0 aliphatic carbocycles. The van der Waals surface area contributed by atoms with E-state index in [2.05, 4.69) is 26.2 Å². The summed E-state index contributed by atoms with van der Waals surface area (Å²) in [5, 5.41) is 7.73. The summed E-state index contributed by atoms with van der Waals surface area (Å²) >= 11 is 9.17. The first-order chi connectivity index (χ1) is 9.02. The summed E-state index contributed by atoms with van der Waals surface area (Å²) in [5.74, 6) is -0.608. The molecule has 2 amide bonds. The van der Waals surface area contributed by atoms with Crippen LogP contribution < -0.4 is 4.90 Å². The van der Waals surface area contributed by atoms with E-state index in [1.807, 2.05) is 0 Å². The highest BCUT2D eigenvalue weighted by molar-refractivity contribution is 9.10. The van der Waals surface area contributed by atoms with Crippen LogP contribution in [0.15, 0.2) is 39.0 Å². The SMILES string of the molecule is O=C1CC2(CC(Cl)N=N2)C(=O)N1c1ccc(Br)cc1. The Bertz CT molecular complexity index is 589. The van der Waals surface area contributed by atoms with Crippen LogP contribution in [0.4, 0.5) is 5.69 Å². The summed E-state index contributed by atoms with van der Waals surface area (Å²) in [6.07, 6.45) is 0.320. The van der Waals surface area contributed by atoms with Gasteiger partial charge in [-0.15, -0.1) is 0 Å². The fourth-order valence-corrected chi connectivity index (χ4v) is 2.91. The maximum absolute atomic E-state index is 12.5. The summed E-state index contributed by atoms with van der Waals surface area (Å²) in [6.45, 7) is 0. The highest BCUT2D eigenvalue weighted by Crippen LogP contribution is 2.40. The number of halogens is 2. The molecule has 98 valence electrons. The van der Waals surface area contributed by atoms with E-state index in [9.17, 15) is 9.59 Å². The number of anilines is 1. The molecule has 1 aromatic rings. The highest BCUT2D eigenvalue weighted by atomic mass is 79.9. The number of nitrogens with zero attached hydrogens (tertiary/aromatic N) is 3. The van der Waals surface area contributed by atoms with Gasteiger partial charge in [-0.3, -0.25) is 9.59 Å². The maximum Gasteiger partial charge on any atom is 0.264 e. The van der Waals surface area contributed by atoms with Crippen molar-refractivity contribution in [1.82, 2.24) is 0 Å². The van der Waals surface area contributed by atoms with Crippen LogP contribution >= 0.6 is 27.5 Å². The largest absolute Gasteiger partial charge is 0.274 e. The first-order valence-corrected chi connectivity index (χ1v) is 6.94. The second-order valence-corrected chi connectivity index (χ2v) is 5.99. The molecule has 0 saturated carbocycles. The molecular weight excluding hydrogens is 334 g/mol. The average molecular weight is 343 g/mol. The van der Waals surface area contributed by atoms with E-state index in [1.54, 1.807) is 24.3 Å². The molecule has 1 fully saturated rings. The van der Waals surface area contributed by atoms with Gasteiger partial charge >= 0.3 is 0 Å². The van der Waals surface area contributed by atoms with Gasteiger partial charge in [-0.25, -0.2) is 4.90 Å². The van der Waals surface area contributed by atoms with Crippen molar-refractivity contribution in [2.75, 3.05) is 4.90 Å². The summed E-state index contributed by atoms with van der Waals surface area (Å²) < 4.78 is 0.881. The van der Waals surface area contributed by atoms with E-state index in [0.29, 0.717) is 5.69 Å². The predicted molar refractivity (Wildman–Crippen MR) is 73.1 cm³/mol. The molecule has 1 saturated heterocycles. The lowest BCUT2D eigenvalue weighted by Crippen LogP contribution is -2.38. The van der Waals surface area contributed by atoms with Gasteiger partial charge in [-0.05, 0) is 24.3 Å². The number of rotatable bonds is 1. The zero-order valence-corrected chi connectivity index (χ0v) is 12.1. The smallest absolute Gasteiger partial charge is 0.264 e. The predicted octanol–water partition coefficient (Wildman–Crippen LogP) is 2.87. The Balaban J connectivity index is 1.96. The third-order valence-corrected chi connectivity index (χ3v) is 4.03. The molecule has 2 heterocycles. The molecule has 5 nitrogen and oxygen atoms in total. The zero-order valence-electron chi connectivity index (χ0n) is 9.72. The Hall–Kier alpha value is -1.27. The van der Waals surface area contributed by atoms with Gasteiger partial charge in [0, 0.05) is 10.9 Å². The summed E-state index contributed by atoms with van der Waals surface area (Å²) in [4.78, 5) is 25.7. The number of benzene rings is 1. The van der Waals surface area contributed by atoms with Crippen LogP contribution in [0.2, 0.25) is 0 Å². The maximum atomic E-state index is 12.5. The lowest BCUT2D eigenvalue weighted by molar-refractivity contribution is -0.122. The Labute approximate surface area is 122 Å². The number of hydrogen-bond acceptors (Lipinski definition) is 4. The standard InChI is InChI=1S/C12H9BrClN3O2/c13-7-1-3-8(4-2-7)17-10(18)6-12(11(17)19)5-9(14)15-16-12/h1-4,9H,5-6H2. The Morgan fingerprint density at radius 1 is 1.32 bits per heavy atom. The van der Waals surface area contributed by atoms with Gasteiger partial charge in [0.15, 0.2) is 5.54 Å². The molecule has 1 spiro atoms. The van der Waals surface area contributed by atoms with Crippen LogP contribution in [0.5, 0.6) is 0 Å². The molecule has 19 heavy (non-hydrogen) atoms. The topological polar surface area (TPSA) is 62.1 Å². The van der Waals surface area contributed by atoms with Crippen molar-refractivity contribution in [3.05, 3.63) is 28.7 Å². The van der Waals surface area contributed by atoms with Crippen LogP contribution in [0.3, 0.4) is 0 Å². The van der Waals surface area contributed by atoms with Gasteiger partial charge in [0.2, 0.25) is 5.91 Å². The Kier molecular flexibility index (Phi) is 2.94. The highest BCUT2D eigenvalue weighted by Gasteiger charge is 2.55. The van der Waals surface area contributed by atoms with Gasteiger partial charge in [0.25, 0.3) is 5.91 Å². The third-order valence-electron chi connectivity index (χ3n) is 3.26. The monoisotopic (exact) mass is 341 g/mol. The number of carbonyl (C=O) groups excluding carboxylic acids is 2. The van der Waals surface area contributed by atoms with Crippen molar-refractivity contribution >= 4 is 45.0 Å². The minimum absolute atomic E-state index is 0.0363. The summed E-state index contributed by atoms with van der Waals surface area (Å²) in [6, 6.07) is 6.98. The average Bonchev–Trinajstić information content (AvgIpc) is 2.84. The number of imide groups is 1. The van der Waals surface area contributed by atoms with E-state index in [0.717, 1.165) is 4.47 Å². The first-order valence-electron chi connectivity index (χ1n) is 5.71. The van der Waals surface area contributed by atoms with E-state index in [-0.39, 0.29) is 24.7 Å². The van der Waals surface area contributed by atoms with Crippen LogP contribution in [-0.4, -0.2) is 22.9 Å². The quantitative estimate of drug-likeness (QED) is 0.447. The third kappa shape index (κ3) is 1.99. The molecule has 2 aliphatic rings. The van der Waals surface area contributed by atoms with E-state index >= 15 is 0 Å². The molecule has 2 atom stereocenters. The van der Waals surface area contributed by atoms with Crippen molar-refractivity contribution in [2.45, 2.75) is 23.9 Å². The van der Waals surface area contributed by atoms with Gasteiger partial charge in [-0.2, -0.15) is 10.2 Å². The van der Waals surface area contributed by atoms with Crippen molar-refractivity contribution in [2.24, 2.45) is 10.2 Å². The molecular formula is C12H9BrClN3O2. The number of azo groups is 1. The van der Waals surface area contributed by atoms with E-state index in [1.165, 1.54) is 4.90 Å². The molecule has 1 aromatic carbocycles. The molecule has 0 radical (unpaired) electrons. The molecule has 7 heteroatoms. The fourth-order valence-electron chi connectivity index (χ4n) is 2.35. The second-order valence-electron chi connectivity index (χ2n) is 4.57. The summed E-state index contributed by atoms with van der Waals surface area (Å²) in [5.41, 5.74) is -1.07.